The lowest BCUT2D eigenvalue weighted by atomic mass is 10.1. The molecule has 16 heavy (non-hydrogen) atoms. The number of halogens is 1. The van der Waals surface area contributed by atoms with E-state index in [-0.39, 0.29) is 0 Å². The monoisotopic (exact) mass is 218 g/mol. The van der Waals surface area contributed by atoms with E-state index in [2.05, 4.69) is 9.97 Å². The molecule has 2 aromatic rings. The van der Waals surface area contributed by atoms with Crippen LogP contribution < -0.4 is 0 Å². The highest BCUT2D eigenvalue weighted by Crippen LogP contribution is 2.14. The first-order valence-electron chi connectivity index (χ1n) is 4.95. The van der Waals surface area contributed by atoms with Crippen LogP contribution in [0.4, 0.5) is 4.39 Å². The Kier molecular flexibility index (Phi) is 3.22. The molecule has 0 aliphatic carbocycles. The van der Waals surface area contributed by atoms with Crippen LogP contribution in [0.15, 0.2) is 42.7 Å². The summed E-state index contributed by atoms with van der Waals surface area (Å²) >= 11 is 0. The summed E-state index contributed by atoms with van der Waals surface area (Å²) < 4.78 is 12.6. The van der Waals surface area contributed by atoms with Crippen LogP contribution in [0.5, 0.6) is 0 Å². The summed E-state index contributed by atoms with van der Waals surface area (Å²) in [5.74, 6) is -0.409. The smallest absolute Gasteiger partial charge is 0.141 e. The molecule has 1 N–H and O–H groups in total. The second kappa shape index (κ2) is 4.81. The second-order valence-corrected chi connectivity index (χ2v) is 3.44. The van der Waals surface area contributed by atoms with Gasteiger partial charge in [-0.2, -0.15) is 0 Å². The van der Waals surface area contributed by atoms with Crippen molar-refractivity contribution in [2.75, 3.05) is 0 Å². The molecule has 0 spiro atoms. The van der Waals surface area contributed by atoms with Crippen molar-refractivity contribution in [3.8, 4) is 0 Å². The molecule has 0 radical (unpaired) electrons. The van der Waals surface area contributed by atoms with E-state index in [4.69, 9.17) is 0 Å². The molecule has 0 amide bonds. The summed E-state index contributed by atoms with van der Waals surface area (Å²) in [5.41, 5.74) is 1.23. The van der Waals surface area contributed by atoms with Gasteiger partial charge >= 0.3 is 0 Å². The van der Waals surface area contributed by atoms with Crippen LogP contribution in [0.2, 0.25) is 0 Å². The summed E-state index contributed by atoms with van der Waals surface area (Å²) in [4.78, 5) is 7.92. The Morgan fingerprint density at radius 3 is 2.69 bits per heavy atom. The molecule has 3 nitrogen and oxygen atoms in total. The Morgan fingerprint density at radius 2 is 2.06 bits per heavy atom. The van der Waals surface area contributed by atoms with E-state index in [1.165, 1.54) is 12.1 Å². The maximum atomic E-state index is 12.6. The highest BCUT2D eigenvalue weighted by atomic mass is 19.1. The Bertz CT molecular complexity index is 444. The summed E-state index contributed by atoms with van der Waals surface area (Å²) in [6.45, 7) is 0. The van der Waals surface area contributed by atoms with Gasteiger partial charge in [-0.15, -0.1) is 0 Å². The topological polar surface area (TPSA) is 46.0 Å². The summed E-state index contributed by atoms with van der Waals surface area (Å²) in [6.07, 6.45) is 2.38. The van der Waals surface area contributed by atoms with Crippen LogP contribution >= 0.6 is 0 Å². The van der Waals surface area contributed by atoms with E-state index in [0.29, 0.717) is 12.1 Å². The van der Waals surface area contributed by atoms with E-state index in [1.54, 1.807) is 6.20 Å². The number of nitrogens with zero attached hydrogens (tertiary/aromatic N) is 2. The Hall–Kier alpha value is -1.81. The molecule has 2 rings (SSSR count). The molecule has 1 unspecified atom stereocenters. The van der Waals surface area contributed by atoms with E-state index >= 15 is 0 Å². The summed E-state index contributed by atoms with van der Waals surface area (Å²) in [7, 11) is 0. The Morgan fingerprint density at radius 1 is 1.19 bits per heavy atom. The average molecular weight is 218 g/mol. The van der Waals surface area contributed by atoms with Crippen molar-refractivity contribution in [1.82, 2.24) is 9.97 Å². The van der Waals surface area contributed by atoms with Gasteiger partial charge in [0.2, 0.25) is 0 Å². The Balaban J connectivity index is 2.09. The fourth-order valence-corrected chi connectivity index (χ4v) is 1.41. The van der Waals surface area contributed by atoms with Crippen molar-refractivity contribution >= 4 is 0 Å². The third-order valence-corrected chi connectivity index (χ3v) is 2.22. The third-order valence-electron chi connectivity index (χ3n) is 2.22. The third kappa shape index (κ3) is 2.61. The zero-order valence-electron chi connectivity index (χ0n) is 8.55. The molecule has 4 heteroatoms. The number of aliphatic hydroxyl groups is 1. The highest BCUT2D eigenvalue weighted by molar-refractivity contribution is 5.12. The first kappa shape index (κ1) is 10.7. The number of hydrogen-bond donors (Lipinski definition) is 1. The molecule has 0 saturated heterocycles. The number of pyridine rings is 2. The Labute approximate surface area is 92.6 Å². The standard InChI is InChI=1S/C12H11FN2O/c13-9-4-5-11(15-8-9)12(16)7-10-3-1-2-6-14-10/h1-6,8,12,16H,7H2. The van der Waals surface area contributed by atoms with E-state index < -0.39 is 11.9 Å². The van der Waals surface area contributed by atoms with Gasteiger partial charge in [-0.25, -0.2) is 4.39 Å². The van der Waals surface area contributed by atoms with Crippen LogP contribution in [0.1, 0.15) is 17.5 Å². The molecule has 2 heterocycles. The maximum Gasteiger partial charge on any atom is 0.141 e. The number of aliphatic hydroxyl groups excluding tert-OH is 1. The van der Waals surface area contributed by atoms with Crippen LogP contribution in [0.3, 0.4) is 0 Å². The predicted octanol–water partition coefficient (Wildman–Crippen LogP) is 1.89. The van der Waals surface area contributed by atoms with Gasteiger partial charge in [-0.05, 0) is 24.3 Å². The predicted molar refractivity (Wildman–Crippen MR) is 57.1 cm³/mol. The first-order chi connectivity index (χ1) is 7.75. The van der Waals surface area contributed by atoms with Gasteiger partial charge in [0.1, 0.15) is 11.9 Å². The van der Waals surface area contributed by atoms with Gasteiger partial charge in [-0.3, -0.25) is 9.97 Å². The molecule has 0 saturated carbocycles. The van der Waals surface area contributed by atoms with Crippen molar-refractivity contribution in [1.29, 1.82) is 0 Å². The summed E-state index contributed by atoms with van der Waals surface area (Å²) in [6, 6.07) is 8.25. The molecular formula is C12H11FN2O. The van der Waals surface area contributed by atoms with Crippen molar-refractivity contribution in [2.24, 2.45) is 0 Å². The molecular weight excluding hydrogens is 207 g/mol. The van der Waals surface area contributed by atoms with Gasteiger partial charge in [0.15, 0.2) is 0 Å². The summed E-state index contributed by atoms with van der Waals surface area (Å²) in [5, 5.41) is 9.84. The fourth-order valence-electron chi connectivity index (χ4n) is 1.41. The van der Waals surface area contributed by atoms with Crippen LogP contribution in [-0.2, 0) is 6.42 Å². The van der Waals surface area contributed by atoms with Crippen LogP contribution in [0, 0.1) is 5.82 Å². The molecule has 2 aromatic heterocycles. The van der Waals surface area contributed by atoms with E-state index in [1.807, 2.05) is 18.2 Å². The van der Waals surface area contributed by atoms with Gasteiger partial charge < -0.3 is 5.11 Å². The van der Waals surface area contributed by atoms with Crippen molar-refractivity contribution < 1.29 is 9.50 Å². The zero-order chi connectivity index (χ0) is 11.4. The van der Waals surface area contributed by atoms with Crippen molar-refractivity contribution in [3.63, 3.8) is 0 Å². The number of hydrogen-bond acceptors (Lipinski definition) is 3. The fraction of sp³-hybridized carbons (Fsp3) is 0.167. The van der Waals surface area contributed by atoms with Crippen molar-refractivity contribution in [3.05, 3.63) is 59.9 Å². The minimum absolute atomic E-state index is 0.374. The van der Waals surface area contributed by atoms with E-state index in [0.717, 1.165) is 11.9 Å². The van der Waals surface area contributed by atoms with Gasteiger partial charge in [-0.1, -0.05) is 6.07 Å². The lowest BCUT2D eigenvalue weighted by Gasteiger charge is -2.08. The normalized spacial score (nSPS) is 12.4. The highest BCUT2D eigenvalue weighted by Gasteiger charge is 2.10. The zero-order valence-corrected chi connectivity index (χ0v) is 8.55. The molecule has 0 aliphatic heterocycles. The van der Waals surface area contributed by atoms with Gasteiger partial charge in [0.25, 0.3) is 0 Å². The van der Waals surface area contributed by atoms with Crippen LogP contribution in [-0.4, -0.2) is 15.1 Å². The van der Waals surface area contributed by atoms with Crippen molar-refractivity contribution in [2.45, 2.75) is 12.5 Å². The average Bonchev–Trinajstić information content (AvgIpc) is 2.31. The minimum atomic E-state index is -0.754. The van der Waals surface area contributed by atoms with Gasteiger partial charge in [0, 0.05) is 18.3 Å². The lowest BCUT2D eigenvalue weighted by molar-refractivity contribution is 0.172. The number of rotatable bonds is 3. The van der Waals surface area contributed by atoms with Crippen LogP contribution in [0.25, 0.3) is 0 Å². The molecule has 0 fully saturated rings. The largest absolute Gasteiger partial charge is 0.386 e. The molecule has 1 atom stereocenters. The molecule has 0 bridgehead atoms. The molecule has 0 aliphatic rings. The minimum Gasteiger partial charge on any atom is -0.386 e. The maximum absolute atomic E-state index is 12.6. The number of aromatic nitrogens is 2. The quantitative estimate of drug-likeness (QED) is 0.855. The van der Waals surface area contributed by atoms with E-state index in [9.17, 15) is 9.50 Å². The second-order valence-electron chi connectivity index (χ2n) is 3.44. The lowest BCUT2D eigenvalue weighted by Crippen LogP contribution is -2.05. The SMILES string of the molecule is OC(Cc1ccccn1)c1ccc(F)cn1. The first-order valence-corrected chi connectivity index (χ1v) is 4.95. The van der Waals surface area contributed by atoms with Gasteiger partial charge in [0.05, 0.1) is 11.9 Å². The molecule has 82 valence electrons. The molecule has 0 aromatic carbocycles.